The second-order valence-electron chi connectivity index (χ2n) is 3.59. The summed E-state index contributed by atoms with van der Waals surface area (Å²) in [5.74, 6) is -1.39. The second kappa shape index (κ2) is 5.05. The van der Waals surface area contributed by atoms with Crippen LogP contribution in [-0.4, -0.2) is 66.4 Å². The van der Waals surface area contributed by atoms with E-state index in [0.29, 0.717) is 11.5 Å². The number of sulfone groups is 1. The zero-order chi connectivity index (χ0) is 12.3. The molecular weight excluding hydrogens is 254 g/mol. The van der Waals surface area contributed by atoms with Gasteiger partial charge in [0.15, 0.2) is 9.84 Å². The van der Waals surface area contributed by atoms with E-state index in [4.69, 9.17) is 5.11 Å². The van der Waals surface area contributed by atoms with Gasteiger partial charge in [-0.3, -0.25) is 4.79 Å². The van der Waals surface area contributed by atoms with Crippen LogP contribution in [0.5, 0.6) is 0 Å². The Balaban J connectivity index is 2.76. The van der Waals surface area contributed by atoms with Gasteiger partial charge in [0.25, 0.3) is 0 Å². The molecule has 1 atom stereocenters. The van der Waals surface area contributed by atoms with Crippen molar-refractivity contribution >= 4 is 33.5 Å². The first-order valence-electron chi connectivity index (χ1n) is 4.59. The lowest BCUT2D eigenvalue weighted by atomic mass is 10.2. The van der Waals surface area contributed by atoms with Gasteiger partial charge in [-0.1, -0.05) is 0 Å². The maximum atomic E-state index is 11.6. The van der Waals surface area contributed by atoms with Crippen LogP contribution in [-0.2, 0) is 19.4 Å². The molecule has 0 spiro atoms. The minimum absolute atomic E-state index is 0.288. The molecule has 8 heteroatoms. The van der Waals surface area contributed by atoms with Crippen molar-refractivity contribution in [2.45, 2.75) is 6.04 Å². The monoisotopic (exact) mass is 267 g/mol. The van der Waals surface area contributed by atoms with Crippen LogP contribution >= 0.6 is 11.8 Å². The van der Waals surface area contributed by atoms with Crippen LogP contribution in [0.3, 0.4) is 0 Å². The maximum absolute atomic E-state index is 11.6. The molecule has 1 saturated heterocycles. The summed E-state index contributed by atoms with van der Waals surface area (Å²) in [7, 11) is -3.41. The zero-order valence-electron chi connectivity index (χ0n) is 8.75. The fourth-order valence-corrected chi connectivity index (χ4v) is 3.07. The van der Waals surface area contributed by atoms with Crippen molar-refractivity contribution in [1.29, 1.82) is 0 Å². The highest BCUT2D eigenvalue weighted by Crippen LogP contribution is 2.17. The largest absolute Gasteiger partial charge is 0.480 e. The smallest absolute Gasteiger partial charge is 0.327 e. The summed E-state index contributed by atoms with van der Waals surface area (Å²) in [6.07, 6.45) is 0.958. The van der Waals surface area contributed by atoms with Gasteiger partial charge in [-0.15, -0.1) is 0 Å². The van der Waals surface area contributed by atoms with Gasteiger partial charge in [0.1, 0.15) is 11.8 Å². The Morgan fingerprint density at radius 3 is 2.62 bits per heavy atom. The number of carbonyl (C=O) groups is 2. The number of carboxylic acids is 1. The van der Waals surface area contributed by atoms with Crippen LogP contribution < -0.4 is 0 Å². The first kappa shape index (κ1) is 13.3. The molecule has 0 aliphatic carbocycles. The number of hydrogen-bond donors (Lipinski definition) is 1. The predicted octanol–water partition coefficient (Wildman–Crippen LogP) is -0.940. The highest BCUT2D eigenvalue weighted by Gasteiger charge is 2.33. The van der Waals surface area contributed by atoms with Gasteiger partial charge in [0, 0.05) is 24.3 Å². The third kappa shape index (κ3) is 3.67. The van der Waals surface area contributed by atoms with Crippen molar-refractivity contribution in [3.05, 3.63) is 0 Å². The average Bonchev–Trinajstić information content (AvgIpc) is 2.15. The topological polar surface area (TPSA) is 91.8 Å². The number of carbonyl (C=O) groups excluding carboxylic acids is 1. The molecule has 1 N–H and O–H groups in total. The van der Waals surface area contributed by atoms with Crippen LogP contribution in [0, 0.1) is 0 Å². The van der Waals surface area contributed by atoms with Crippen molar-refractivity contribution < 1.29 is 23.1 Å². The summed E-state index contributed by atoms with van der Waals surface area (Å²) in [6, 6.07) is -0.909. The van der Waals surface area contributed by atoms with Crippen LogP contribution in [0.25, 0.3) is 0 Å². The predicted molar refractivity (Wildman–Crippen MR) is 60.2 cm³/mol. The van der Waals surface area contributed by atoms with Gasteiger partial charge in [0.05, 0.1) is 0 Å². The van der Waals surface area contributed by atoms with Crippen molar-refractivity contribution in [3.63, 3.8) is 0 Å². The maximum Gasteiger partial charge on any atom is 0.327 e. The molecular formula is C8H13NO5S2. The van der Waals surface area contributed by atoms with E-state index in [1.54, 1.807) is 0 Å². The van der Waals surface area contributed by atoms with Gasteiger partial charge in [-0.05, 0) is 0 Å². The number of amides is 1. The Morgan fingerprint density at radius 2 is 2.12 bits per heavy atom. The van der Waals surface area contributed by atoms with E-state index in [2.05, 4.69) is 0 Å². The number of hydrogen-bond acceptors (Lipinski definition) is 5. The van der Waals surface area contributed by atoms with Gasteiger partial charge in [0.2, 0.25) is 5.91 Å². The summed E-state index contributed by atoms with van der Waals surface area (Å²) in [4.78, 5) is 23.6. The molecule has 0 aromatic rings. The lowest BCUT2D eigenvalue weighted by Crippen LogP contribution is -2.51. The molecule has 92 valence electrons. The average molecular weight is 267 g/mol. The summed E-state index contributed by atoms with van der Waals surface area (Å²) >= 11 is 1.45. The summed E-state index contributed by atoms with van der Waals surface area (Å²) in [5, 5.41) is 8.90. The molecule has 0 radical (unpaired) electrons. The first-order valence-corrected chi connectivity index (χ1v) is 7.80. The van der Waals surface area contributed by atoms with Gasteiger partial charge >= 0.3 is 5.97 Å². The van der Waals surface area contributed by atoms with Crippen LogP contribution in [0.15, 0.2) is 0 Å². The van der Waals surface area contributed by atoms with Crippen LogP contribution in [0.1, 0.15) is 0 Å². The molecule has 1 unspecified atom stereocenters. The third-order valence-corrected chi connectivity index (χ3v) is 3.91. The van der Waals surface area contributed by atoms with Gasteiger partial charge in [-0.25, -0.2) is 13.2 Å². The molecule has 0 aromatic heterocycles. The van der Waals surface area contributed by atoms with Crippen molar-refractivity contribution in [1.82, 2.24) is 4.90 Å². The van der Waals surface area contributed by atoms with Crippen molar-refractivity contribution in [2.75, 3.05) is 30.1 Å². The summed E-state index contributed by atoms with van der Waals surface area (Å²) < 4.78 is 21.9. The standard InChI is InChI=1S/C8H13NO5S2/c1-16(13,14)5-7(10)9-2-3-15-4-6(9)8(11)12/h6H,2-5H2,1H3,(H,11,12). The Hall–Kier alpha value is -0.760. The van der Waals surface area contributed by atoms with E-state index in [1.165, 1.54) is 11.8 Å². The fourth-order valence-electron chi connectivity index (χ4n) is 1.41. The molecule has 1 heterocycles. The molecule has 1 aliphatic rings. The summed E-state index contributed by atoms with van der Waals surface area (Å²) in [6.45, 7) is 0.288. The second-order valence-corrected chi connectivity index (χ2v) is 6.88. The first-order chi connectivity index (χ1) is 7.31. The molecule has 1 rings (SSSR count). The number of nitrogens with zero attached hydrogens (tertiary/aromatic N) is 1. The van der Waals surface area contributed by atoms with Gasteiger partial charge in [-0.2, -0.15) is 11.8 Å². The van der Waals surface area contributed by atoms with E-state index >= 15 is 0 Å². The summed E-state index contributed by atoms with van der Waals surface area (Å²) in [5.41, 5.74) is 0. The number of rotatable bonds is 3. The number of carboxylic acid groups (broad SMARTS) is 1. The number of aliphatic carboxylic acids is 1. The van der Waals surface area contributed by atoms with E-state index in [1.807, 2.05) is 0 Å². The van der Waals surface area contributed by atoms with E-state index in [0.717, 1.165) is 11.2 Å². The SMILES string of the molecule is CS(=O)(=O)CC(=O)N1CCSCC1C(=O)O. The van der Waals surface area contributed by atoms with Crippen molar-refractivity contribution in [2.24, 2.45) is 0 Å². The Labute approximate surface area is 97.9 Å². The molecule has 1 aliphatic heterocycles. The van der Waals surface area contributed by atoms with E-state index in [9.17, 15) is 18.0 Å². The molecule has 16 heavy (non-hydrogen) atoms. The lowest BCUT2D eigenvalue weighted by molar-refractivity contribution is -0.148. The molecule has 0 bridgehead atoms. The minimum atomic E-state index is -3.41. The van der Waals surface area contributed by atoms with E-state index in [-0.39, 0.29) is 6.54 Å². The molecule has 0 saturated carbocycles. The number of thioether (sulfide) groups is 1. The highest BCUT2D eigenvalue weighted by atomic mass is 32.2. The van der Waals surface area contributed by atoms with E-state index < -0.39 is 33.5 Å². The highest BCUT2D eigenvalue weighted by molar-refractivity contribution is 7.99. The zero-order valence-corrected chi connectivity index (χ0v) is 10.4. The molecule has 0 aromatic carbocycles. The lowest BCUT2D eigenvalue weighted by Gasteiger charge is -2.32. The molecule has 1 fully saturated rings. The van der Waals surface area contributed by atoms with Gasteiger partial charge < -0.3 is 10.0 Å². The van der Waals surface area contributed by atoms with Crippen molar-refractivity contribution in [3.8, 4) is 0 Å². The Kier molecular flexibility index (Phi) is 4.20. The molecule has 1 amide bonds. The quantitative estimate of drug-likeness (QED) is 0.709. The fraction of sp³-hybridized carbons (Fsp3) is 0.750. The third-order valence-electron chi connectivity index (χ3n) is 2.12. The minimum Gasteiger partial charge on any atom is -0.480 e. The molecule has 6 nitrogen and oxygen atoms in total. The van der Waals surface area contributed by atoms with Crippen LogP contribution in [0.4, 0.5) is 0 Å². The normalized spacial score (nSPS) is 21.8. The Bertz CT molecular complexity index is 391. The Morgan fingerprint density at radius 1 is 1.50 bits per heavy atom. The van der Waals surface area contributed by atoms with Crippen LogP contribution in [0.2, 0.25) is 0 Å².